The number of amides is 1. The number of rotatable bonds is 3. The lowest BCUT2D eigenvalue weighted by molar-refractivity contribution is -0.131. The molecule has 0 bridgehead atoms. The Hall–Kier alpha value is -1.35. The number of carbonyl (C=O) groups is 1. The van der Waals surface area contributed by atoms with Gasteiger partial charge in [-0.2, -0.15) is 0 Å². The summed E-state index contributed by atoms with van der Waals surface area (Å²) in [6.45, 7) is 0.0256. The van der Waals surface area contributed by atoms with Crippen molar-refractivity contribution in [3.05, 3.63) is 35.9 Å². The molecule has 0 aliphatic heterocycles. The molecule has 1 amide bonds. The first kappa shape index (κ1) is 10.2. The van der Waals surface area contributed by atoms with Crippen molar-refractivity contribution in [1.82, 2.24) is 0 Å². The number of benzene rings is 1. The highest BCUT2D eigenvalue weighted by molar-refractivity contribution is 5.88. The normalized spacial score (nSPS) is 29.5. The second-order valence-corrected chi connectivity index (χ2v) is 4.12. The molecule has 1 aliphatic rings. The van der Waals surface area contributed by atoms with Gasteiger partial charge in [0, 0.05) is 12.5 Å². The minimum Gasteiger partial charge on any atom is -0.396 e. The molecular weight excluding hydrogens is 190 g/mol. The number of nitrogens with two attached hydrogens (primary N) is 1. The van der Waals surface area contributed by atoms with Gasteiger partial charge in [0.25, 0.3) is 0 Å². The van der Waals surface area contributed by atoms with Crippen molar-refractivity contribution in [1.29, 1.82) is 0 Å². The third kappa shape index (κ3) is 1.35. The van der Waals surface area contributed by atoms with Crippen LogP contribution < -0.4 is 5.73 Å². The Labute approximate surface area is 88.9 Å². The summed E-state index contributed by atoms with van der Waals surface area (Å²) in [7, 11) is 0. The van der Waals surface area contributed by atoms with Gasteiger partial charge in [0.15, 0.2) is 0 Å². The van der Waals surface area contributed by atoms with E-state index in [0.717, 1.165) is 18.4 Å². The second-order valence-electron chi connectivity index (χ2n) is 4.12. The Balaban J connectivity index is 2.41. The highest BCUT2D eigenvalue weighted by atomic mass is 16.3. The van der Waals surface area contributed by atoms with Crippen molar-refractivity contribution in [3.8, 4) is 0 Å². The summed E-state index contributed by atoms with van der Waals surface area (Å²) in [5, 5.41) is 9.22. The predicted octanol–water partition coefficient (Wildman–Crippen LogP) is 0.812. The van der Waals surface area contributed by atoms with Crippen LogP contribution in [-0.4, -0.2) is 17.6 Å². The summed E-state index contributed by atoms with van der Waals surface area (Å²) in [6.07, 6.45) is 1.62. The van der Waals surface area contributed by atoms with Gasteiger partial charge < -0.3 is 10.8 Å². The third-order valence-electron chi connectivity index (χ3n) is 3.53. The average molecular weight is 205 g/mol. The number of aliphatic hydroxyl groups is 1. The monoisotopic (exact) mass is 205 g/mol. The van der Waals surface area contributed by atoms with Gasteiger partial charge in [-0.1, -0.05) is 30.3 Å². The minimum atomic E-state index is -0.629. The van der Waals surface area contributed by atoms with E-state index in [0.29, 0.717) is 0 Å². The van der Waals surface area contributed by atoms with Crippen molar-refractivity contribution >= 4 is 5.91 Å². The van der Waals surface area contributed by atoms with E-state index < -0.39 is 5.41 Å². The van der Waals surface area contributed by atoms with Crippen molar-refractivity contribution in [3.63, 3.8) is 0 Å². The molecule has 3 nitrogen and oxygen atoms in total. The maximum Gasteiger partial charge on any atom is 0.228 e. The zero-order chi connectivity index (χ0) is 10.9. The Bertz CT molecular complexity index is 361. The zero-order valence-electron chi connectivity index (χ0n) is 8.52. The molecule has 2 rings (SSSR count). The summed E-state index contributed by atoms with van der Waals surface area (Å²) in [4.78, 5) is 11.6. The molecule has 0 heterocycles. The van der Waals surface area contributed by atoms with Gasteiger partial charge in [0.05, 0.1) is 5.41 Å². The fraction of sp³-hybridized carbons (Fsp3) is 0.417. The Morgan fingerprint density at radius 1 is 1.47 bits per heavy atom. The van der Waals surface area contributed by atoms with Crippen LogP contribution in [0, 0.1) is 5.92 Å². The quantitative estimate of drug-likeness (QED) is 0.767. The summed E-state index contributed by atoms with van der Waals surface area (Å²) < 4.78 is 0. The summed E-state index contributed by atoms with van der Waals surface area (Å²) in [5.74, 6) is -0.337. The van der Waals surface area contributed by atoms with Gasteiger partial charge in [-0.3, -0.25) is 4.79 Å². The van der Waals surface area contributed by atoms with Crippen LogP contribution in [0.4, 0.5) is 0 Å². The van der Waals surface area contributed by atoms with Crippen molar-refractivity contribution in [2.45, 2.75) is 18.3 Å². The highest BCUT2D eigenvalue weighted by Crippen LogP contribution is 2.48. The van der Waals surface area contributed by atoms with Crippen LogP contribution in [0.3, 0.4) is 0 Å². The second kappa shape index (κ2) is 3.66. The average Bonchev–Trinajstić information content (AvgIpc) is 2.18. The van der Waals surface area contributed by atoms with Crippen molar-refractivity contribution < 1.29 is 9.90 Å². The lowest BCUT2D eigenvalue weighted by atomic mass is 9.56. The summed E-state index contributed by atoms with van der Waals surface area (Å²) in [6, 6.07) is 9.52. The van der Waals surface area contributed by atoms with Gasteiger partial charge in [-0.15, -0.1) is 0 Å². The van der Waals surface area contributed by atoms with E-state index in [4.69, 9.17) is 5.73 Å². The van der Waals surface area contributed by atoms with Crippen LogP contribution >= 0.6 is 0 Å². The number of aliphatic hydroxyl groups excluding tert-OH is 1. The molecule has 0 aromatic heterocycles. The lowest BCUT2D eigenvalue weighted by Gasteiger charge is -2.46. The molecule has 1 aromatic carbocycles. The minimum absolute atomic E-state index is 0.0163. The van der Waals surface area contributed by atoms with Gasteiger partial charge in [-0.05, 0) is 18.4 Å². The molecule has 2 atom stereocenters. The first-order chi connectivity index (χ1) is 7.21. The van der Waals surface area contributed by atoms with Crippen LogP contribution in [0.5, 0.6) is 0 Å². The van der Waals surface area contributed by atoms with Crippen molar-refractivity contribution in [2.75, 3.05) is 6.61 Å². The van der Waals surface area contributed by atoms with E-state index >= 15 is 0 Å². The molecule has 3 N–H and O–H groups in total. The topological polar surface area (TPSA) is 63.3 Å². The van der Waals surface area contributed by atoms with Crippen LogP contribution in [-0.2, 0) is 10.2 Å². The fourth-order valence-corrected chi connectivity index (χ4v) is 2.47. The Kier molecular flexibility index (Phi) is 2.49. The molecule has 1 aromatic rings. The van der Waals surface area contributed by atoms with E-state index in [2.05, 4.69) is 0 Å². The molecule has 0 radical (unpaired) electrons. The molecule has 0 spiro atoms. The molecule has 1 saturated carbocycles. The van der Waals surface area contributed by atoms with Crippen LogP contribution in [0.15, 0.2) is 30.3 Å². The third-order valence-corrected chi connectivity index (χ3v) is 3.53. The first-order valence-corrected chi connectivity index (χ1v) is 5.18. The van der Waals surface area contributed by atoms with Crippen LogP contribution in [0.25, 0.3) is 0 Å². The van der Waals surface area contributed by atoms with Gasteiger partial charge in [0.1, 0.15) is 0 Å². The molecule has 2 unspecified atom stereocenters. The molecular formula is C12H15NO2. The summed E-state index contributed by atoms with van der Waals surface area (Å²) >= 11 is 0. The SMILES string of the molecule is NC(=O)C1(c2ccccc2)CCC1CO. The van der Waals surface area contributed by atoms with Gasteiger partial charge >= 0.3 is 0 Å². The van der Waals surface area contributed by atoms with Crippen LogP contribution in [0.1, 0.15) is 18.4 Å². The van der Waals surface area contributed by atoms with E-state index in [9.17, 15) is 9.90 Å². The zero-order valence-corrected chi connectivity index (χ0v) is 8.52. The number of hydrogen-bond donors (Lipinski definition) is 2. The van der Waals surface area contributed by atoms with Crippen molar-refractivity contribution in [2.24, 2.45) is 11.7 Å². The predicted molar refractivity (Wildman–Crippen MR) is 57.1 cm³/mol. The van der Waals surface area contributed by atoms with E-state index in [1.165, 1.54) is 0 Å². The number of carbonyl (C=O) groups excluding carboxylic acids is 1. The summed E-state index contributed by atoms with van der Waals surface area (Å²) in [5.41, 5.74) is 5.78. The standard InChI is InChI=1S/C12H15NO2/c13-11(15)12(7-6-10(12)8-14)9-4-2-1-3-5-9/h1-5,10,14H,6-8H2,(H2,13,15). The maximum absolute atomic E-state index is 11.6. The number of primary amides is 1. The molecule has 15 heavy (non-hydrogen) atoms. The lowest BCUT2D eigenvalue weighted by Crippen LogP contribution is -2.55. The largest absolute Gasteiger partial charge is 0.396 e. The van der Waals surface area contributed by atoms with Crippen LogP contribution in [0.2, 0.25) is 0 Å². The number of hydrogen-bond acceptors (Lipinski definition) is 2. The van der Waals surface area contributed by atoms with E-state index in [-0.39, 0.29) is 18.4 Å². The molecule has 1 aliphatic carbocycles. The molecule has 1 fully saturated rings. The molecule has 80 valence electrons. The van der Waals surface area contributed by atoms with Gasteiger partial charge in [0.2, 0.25) is 5.91 Å². The molecule has 0 saturated heterocycles. The Morgan fingerprint density at radius 2 is 2.13 bits per heavy atom. The first-order valence-electron chi connectivity index (χ1n) is 5.18. The van der Waals surface area contributed by atoms with E-state index in [1.807, 2.05) is 30.3 Å². The van der Waals surface area contributed by atoms with E-state index in [1.54, 1.807) is 0 Å². The Morgan fingerprint density at radius 3 is 2.53 bits per heavy atom. The van der Waals surface area contributed by atoms with Gasteiger partial charge in [-0.25, -0.2) is 0 Å². The maximum atomic E-state index is 11.6. The highest BCUT2D eigenvalue weighted by Gasteiger charge is 2.52. The molecule has 3 heteroatoms. The fourth-order valence-electron chi connectivity index (χ4n) is 2.47. The smallest absolute Gasteiger partial charge is 0.228 e.